The van der Waals surface area contributed by atoms with Gasteiger partial charge in [-0.1, -0.05) is 29.8 Å². The van der Waals surface area contributed by atoms with E-state index in [9.17, 15) is 9.90 Å². The Balaban J connectivity index is 2.18. The first kappa shape index (κ1) is 14.6. The number of carboxylic acid groups (broad SMARTS) is 1. The molecule has 3 aromatic rings. The number of nitrogens with two attached hydrogens (primary N) is 1. The predicted molar refractivity (Wildman–Crippen MR) is 83.8 cm³/mol. The molecule has 0 saturated carbocycles. The van der Waals surface area contributed by atoms with Gasteiger partial charge in [0.15, 0.2) is 0 Å². The first-order valence-corrected chi connectivity index (χ1v) is 7.72. The van der Waals surface area contributed by atoms with E-state index in [0.29, 0.717) is 5.82 Å². The highest BCUT2D eigenvalue weighted by Crippen LogP contribution is 2.39. The van der Waals surface area contributed by atoms with Crippen molar-refractivity contribution in [2.45, 2.75) is 13.8 Å². The van der Waals surface area contributed by atoms with Gasteiger partial charge in [-0.05, 0) is 19.4 Å². The van der Waals surface area contributed by atoms with Crippen LogP contribution < -0.4 is 10.4 Å². The Kier molecular flexibility index (Phi) is 3.87. The highest BCUT2D eigenvalue weighted by molar-refractivity contribution is 7.19. The van der Waals surface area contributed by atoms with Crippen molar-refractivity contribution in [1.82, 2.24) is 9.97 Å². The van der Waals surface area contributed by atoms with Gasteiger partial charge >= 0.3 is 0 Å². The summed E-state index contributed by atoms with van der Waals surface area (Å²) in [6.45, 7) is 3.93. The van der Waals surface area contributed by atoms with Gasteiger partial charge in [-0.2, -0.15) is 4.98 Å². The SMILES string of the molecule is Cc1ccc(-c2c(C)sc3ncnc([NH2+]CC(=O)[O-])c23)cc1. The van der Waals surface area contributed by atoms with Crippen molar-refractivity contribution in [2.24, 2.45) is 0 Å². The van der Waals surface area contributed by atoms with Crippen molar-refractivity contribution in [2.75, 3.05) is 6.54 Å². The molecule has 2 N–H and O–H groups in total. The van der Waals surface area contributed by atoms with Crippen molar-refractivity contribution in [3.05, 3.63) is 41.0 Å². The van der Waals surface area contributed by atoms with Gasteiger partial charge in [-0.3, -0.25) is 5.32 Å². The first-order valence-electron chi connectivity index (χ1n) is 6.90. The van der Waals surface area contributed by atoms with Gasteiger partial charge in [-0.15, -0.1) is 11.3 Å². The molecule has 0 spiro atoms. The summed E-state index contributed by atoms with van der Waals surface area (Å²) < 4.78 is 0. The van der Waals surface area contributed by atoms with Crippen LogP contribution >= 0.6 is 11.3 Å². The summed E-state index contributed by atoms with van der Waals surface area (Å²) in [6, 6.07) is 8.26. The maximum absolute atomic E-state index is 10.7. The highest BCUT2D eigenvalue weighted by atomic mass is 32.1. The van der Waals surface area contributed by atoms with Gasteiger partial charge in [0.25, 0.3) is 0 Å². The smallest absolute Gasteiger partial charge is 0.237 e. The molecule has 0 amide bonds. The zero-order valence-corrected chi connectivity index (χ0v) is 13.1. The van der Waals surface area contributed by atoms with Crippen LogP contribution in [0.3, 0.4) is 0 Å². The number of nitrogens with zero attached hydrogens (tertiary/aromatic N) is 2. The van der Waals surface area contributed by atoms with Gasteiger partial charge in [0, 0.05) is 10.4 Å². The van der Waals surface area contributed by atoms with Gasteiger partial charge in [0.2, 0.25) is 5.82 Å². The van der Waals surface area contributed by atoms with Crippen LogP contribution in [-0.4, -0.2) is 22.5 Å². The molecule has 0 bridgehead atoms. The monoisotopic (exact) mass is 313 g/mol. The lowest BCUT2D eigenvalue weighted by molar-refractivity contribution is -0.571. The fourth-order valence-corrected chi connectivity index (χ4v) is 3.49. The molecule has 2 heterocycles. The van der Waals surface area contributed by atoms with Crippen molar-refractivity contribution < 1.29 is 15.2 Å². The summed E-state index contributed by atoms with van der Waals surface area (Å²) in [6.07, 6.45) is 1.47. The number of carbonyl (C=O) groups is 1. The van der Waals surface area contributed by atoms with Crippen LogP contribution in [0.5, 0.6) is 0 Å². The largest absolute Gasteiger partial charge is 0.544 e. The second-order valence-corrected chi connectivity index (χ2v) is 6.32. The minimum Gasteiger partial charge on any atom is -0.544 e. The lowest BCUT2D eigenvalue weighted by Crippen LogP contribution is -2.81. The molecule has 6 heteroatoms. The number of rotatable bonds is 4. The average molecular weight is 313 g/mol. The Morgan fingerprint density at radius 2 is 1.95 bits per heavy atom. The Hall–Kier alpha value is -2.31. The minimum absolute atomic E-state index is 0.158. The van der Waals surface area contributed by atoms with Crippen molar-refractivity contribution in [1.29, 1.82) is 0 Å². The van der Waals surface area contributed by atoms with E-state index in [4.69, 9.17) is 0 Å². The number of aryl methyl sites for hydroxylation is 2. The molecule has 0 radical (unpaired) electrons. The fraction of sp³-hybridized carbons (Fsp3) is 0.188. The van der Waals surface area contributed by atoms with Gasteiger partial charge in [0.05, 0.1) is 5.97 Å². The summed E-state index contributed by atoms with van der Waals surface area (Å²) in [4.78, 5) is 21.3. The molecule has 0 unspecified atom stereocenters. The summed E-state index contributed by atoms with van der Waals surface area (Å²) in [5.41, 5.74) is 3.36. The zero-order chi connectivity index (χ0) is 15.7. The van der Waals surface area contributed by atoms with Crippen LogP contribution in [0.1, 0.15) is 10.4 Å². The van der Waals surface area contributed by atoms with Gasteiger partial charge in [0.1, 0.15) is 23.1 Å². The van der Waals surface area contributed by atoms with E-state index in [1.807, 2.05) is 13.8 Å². The molecule has 0 aliphatic heterocycles. The van der Waals surface area contributed by atoms with Crippen LogP contribution in [0.2, 0.25) is 0 Å². The Morgan fingerprint density at radius 3 is 2.64 bits per heavy atom. The van der Waals surface area contributed by atoms with Gasteiger partial charge < -0.3 is 9.90 Å². The van der Waals surface area contributed by atoms with Crippen molar-refractivity contribution in [3.63, 3.8) is 0 Å². The Labute approximate surface area is 131 Å². The second-order valence-electron chi connectivity index (χ2n) is 5.12. The molecule has 0 aliphatic carbocycles. The third-order valence-corrected chi connectivity index (χ3v) is 4.51. The topological polar surface area (TPSA) is 82.5 Å². The minimum atomic E-state index is -1.12. The normalized spacial score (nSPS) is 11.0. The number of aromatic nitrogens is 2. The van der Waals surface area contributed by atoms with E-state index >= 15 is 0 Å². The van der Waals surface area contributed by atoms with E-state index in [0.717, 1.165) is 26.2 Å². The van der Waals surface area contributed by atoms with Crippen LogP contribution in [0.4, 0.5) is 5.82 Å². The Morgan fingerprint density at radius 1 is 1.23 bits per heavy atom. The molecule has 2 aromatic heterocycles. The average Bonchev–Trinajstić information content (AvgIpc) is 2.82. The third kappa shape index (κ3) is 2.70. The highest BCUT2D eigenvalue weighted by Gasteiger charge is 2.18. The molecule has 22 heavy (non-hydrogen) atoms. The predicted octanol–water partition coefficient (Wildman–Crippen LogP) is 0.920. The fourth-order valence-electron chi connectivity index (χ4n) is 2.47. The zero-order valence-electron chi connectivity index (χ0n) is 12.3. The van der Waals surface area contributed by atoms with Crippen molar-refractivity contribution in [3.8, 4) is 11.1 Å². The lowest BCUT2D eigenvalue weighted by Gasteiger charge is -2.06. The van der Waals surface area contributed by atoms with Gasteiger partial charge in [-0.25, -0.2) is 4.98 Å². The quantitative estimate of drug-likeness (QED) is 0.776. The first-order chi connectivity index (χ1) is 10.6. The van der Waals surface area contributed by atoms with Crippen LogP contribution in [0, 0.1) is 13.8 Å². The Bertz CT molecular complexity index is 840. The summed E-state index contributed by atoms with van der Waals surface area (Å²) in [7, 11) is 0. The molecule has 0 saturated heterocycles. The molecule has 0 fully saturated rings. The molecule has 5 nitrogen and oxygen atoms in total. The van der Waals surface area contributed by atoms with E-state index in [1.54, 1.807) is 16.7 Å². The van der Waals surface area contributed by atoms with Crippen LogP contribution in [0.25, 0.3) is 21.3 Å². The van der Waals surface area contributed by atoms with E-state index < -0.39 is 5.97 Å². The molecule has 1 aromatic carbocycles. The summed E-state index contributed by atoms with van der Waals surface area (Å²) in [5.74, 6) is -0.468. The number of aliphatic carboxylic acids is 1. The maximum atomic E-state index is 10.7. The summed E-state index contributed by atoms with van der Waals surface area (Å²) >= 11 is 1.59. The number of benzene rings is 1. The maximum Gasteiger partial charge on any atom is 0.237 e. The third-order valence-electron chi connectivity index (χ3n) is 3.50. The number of thiophene rings is 1. The number of carboxylic acids is 1. The second kappa shape index (κ2) is 5.82. The molecule has 3 rings (SSSR count). The molecule has 112 valence electrons. The van der Waals surface area contributed by atoms with Crippen molar-refractivity contribution >= 4 is 33.3 Å². The lowest BCUT2D eigenvalue weighted by atomic mass is 10.0. The van der Waals surface area contributed by atoms with E-state index in [1.165, 1.54) is 11.9 Å². The molecule has 0 aliphatic rings. The summed E-state index contributed by atoms with van der Waals surface area (Å²) in [5, 5.41) is 13.2. The number of fused-ring (bicyclic) bond motifs is 1. The molecular weight excluding hydrogens is 298 g/mol. The number of hydrogen-bond donors (Lipinski definition) is 1. The number of hydrogen-bond acceptors (Lipinski definition) is 5. The number of quaternary nitrogens is 1. The van der Waals surface area contributed by atoms with Crippen LogP contribution in [0.15, 0.2) is 30.6 Å². The van der Waals surface area contributed by atoms with E-state index in [2.05, 4.69) is 34.2 Å². The van der Waals surface area contributed by atoms with E-state index in [-0.39, 0.29) is 6.54 Å². The molecular formula is C16H15N3O2S. The van der Waals surface area contributed by atoms with Crippen LogP contribution in [-0.2, 0) is 4.79 Å². The number of carbonyl (C=O) groups excluding carboxylic acids is 1. The standard InChI is InChI=1S/C16H15N3O2S/c1-9-3-5-11(6-4-9)13-10(2)22-16-14(13)15(18-8-19-16)17-7-12(20)21/h3-6,8H,7H2,1-2H3,(H,20,21)(H,17,18,19). The molecule has 0 atom stereocenters.